The van der Waals surface area contributed by atoms with Crippen molar-refractivity contribution < 1.29 is 9.21 Å². The first-order chi connectivity index (χ1) is 15.5. The number of nitrogens with one attached hydrogen (secondary N) is 1. The van der Waals surface area contributed by atoms with E-state index in [1.54, 1.807) is 10.6 Å². The second-order valence-corrected chi connectivity index (χ2v) is 9.33. The van der Waals surface area contributed by atoms with Crippen LogP contribution in [0.4, 0.5) is 5.69 Å². The first-order valence-corrected chi connectivity index (χ1v) is 11.6. The monoisotopic (exact) mass is 434 g/mol. The van der Waals surface area contributed by atoms with Gasteiger partial charge in [0.15, 0.2) is 5.58 Å². The third kappa shape index (κ3) is 4.09. The van der Waals surface area contributed by atoms with Gasteiger partial charge in [-0.3, -0.25) is 19.2 Å². The van der Waals surface area contributed by atoms with Gasteiger partial charge in [0, 0.05) is 43.3 Å². The summed E-state index contributed by atoms with van der Waals surface area (Å²) in [7, 11) is 0. The predicted molar refractivity (Wildman–Crippen MR) is 124 cm³/mol. The number of amides is 1. The van der Waals surface area contributed by atoms with Crippen LogP contribution in [0.2, 0.25) is 0 Å². The second-order valence-electron chi connectivity index (χ2n) is 9.33. The van der Waals surface area contributed by atoms with Crippen LogP contribution in [0, 0.1) is 24.7 Å². The lowest BCUT2D eigenvalue weighted by Crippen LogP contribution is -2.32. The summed E-state index contributed by atoms with van der Waals surface area (Å²) in [6.07, 6.45) is 5.48. The first-order valence-electron chi connectivity index (χ1n) is 11.6. The minimum atomic E-state index is -0.370. The summed E-state index contributed by atoms with van der Waals surface area (Å²) < 4.78 is 6.88. The number of oxazole rings is 1. The lowest BCUT2D eigenvalue weighted by Gasteiger charge is -2.20. The van der Waals surface area contributed by atoms with E-state index in [0.29, 0.717) is 42.1 Å². The van der Waals surface area contributed by atoms with Gasteiger partial charge in [-0.1, -0.05) is 6.07 Å². The van der Waals surface area contributed by atoms with Gasteiger partial charge in [0.2, 0.25) is 5.91 Å². The van der Waals surface area contributed by atoms with Gasteiger partial charge in [-0.15, -0.1) is 0 Å². The van der Waals surface area contributed by atoms with Gasteiger partial charge in [-0.2, -0.15) is 0 Å². The minimum Gasteiger partial charge on any atom is -0.408 e. The average Bonchev–Trinajstić information content (AvgIpc) is 3.42. The molecule has 1 saturated carbocycles. The molecule has 168 valence electrons. The molecule has 5 rings (SSSR count). The number of hydrogen-bond acceptors (Lipinski definition) is 5. The van der Waals surface area contributed by atoms with E-state index < -0.39 is 0 Å². The van der Waals surface area contributed by atoms with Gasteiger partial charge in [0.25, 0.3) is 0 Å². The number of carbonyl (C=O) groups excluding carboxylic acids is 1. The molecular formula is C25H30N4O3. The number of nitrogens with zero attached hydrogens (tertiary/aromatic N) is 3. The highest BCUT2D eigenvalue weighted by Crippen LogP contribution is 2.43. The summed E-state index contributed by atoms with van der Waals surface area (Å²) in [5.41, 5.74) is 4.27. The molecule has 0 bridgehead atoms. The molecule has 7 nitrogen and oxygen atoms in total. The summed E-state index contributed by atoms with van der Waals surface area (Å²) in [5, 5.41) is 2.97. The molecule has 1 aliphatic carbocycles. The molecule has 1 aliphatic heterocycles. The molecule has 3 heterocycles. The van der Waals surface area contributed by atoms with Crippen molar-refractivity contribution in [3.63, 3.8) is 0 Å². The number of rotatable bonds is 6. The van der Waals surface area contributed by atoms with Crippen LogP contribution < -0.4 is 11.1 Å². The SMILES string of the molecule is CCn1c(=O)oc2cc(NC(=O)CN3C[C@H]4CC[C@H](Cc5ccc(C)cn5)[C@H]4C3)ccc21. The average molecular weight is 435 g/mol. The number of anilines is 1. The number of benzene rings is 1. The molecule has 7 heteroatoms. The molecule has 3 atom stereocenters. The van der Waals surface area contributed by atoms with Crippen LogP contribution in [-0.4, -0.2) is 40.0 Å². The highest BCUT2D eigenvalue weighted by molar-refractivity contribution is 5.94. The maximum atomic E-state index is 12.7. The maximum absolute atomic E-state index is 12.7. The fourth-order valence-corrected chi connectivity index (χ4v) is 5.59. The van der Waals surface area contributed by atoms with Crippen molar-refractivity contribution in [1.29, 1.82) is 0 Å². The first kappa shape index (κ1) is 20.9. The standard InChI is InChI=1S/C25H30N4O3/c1-3-29-22-9-8-20(11-23(22)32-25(29)31)27-24(30)15-28-13-18-6-5-17(21(18)14-28)10-19-7-4-16(2)12-26-19/h4,7-9,11-12,17-18,21H,3,5-6,10,13-15H2,1-2H3,(H,27,30)/t17-,18-,21-/m1/s1. The molecule has 1 saturated heterocycles. The van der Waals surface area contributed by atoms with Crippen molar-refractivity contribution in [2.45, 2.75) is 39.7 Å². The highest BCUT2D eigenvalue weighted by Gasteiger charge is 2.42. The van der Waals surface area contributed by atoms with E-state index in [-0.39, 0.29) is 11.7 Å². The maximum Gasteiger partial charge on any atom is 0.419 e. The third-order valence-electron chi connectivity index (χ3n) is 7.16. The fraction of sp³-hybridized carbons (Fsp3) is 0.480. The normalized spacial score (nSPS) is 23.0. The topological polar surface area (TPSA) is 80.4 Å². The largest absolute Gasteiger partial charge is 0.419 e. The van der Waals surface area contributed by atoms with Crippen LogP contribution in [0.1, 0.15) is 31.0 Å². The number of likely N-dealkylation sites (tertiary alicyclic amines) is 1. The van der Waals surface area contributed by atoms with Crippen molar-refractivity contribution in [1.82, 2.24) is 14.5 Å². The van der Waals surface area contributed by atoms with E-state index in [1.807, 2.05) is 25.3 Å². The van der Waals surface area contributed by atoms with E-state index in [4.69, 9.17) is 4.42 Å². The van der Waals surface area contributed by atoms with Crippen LogP contribution in [0.15, 0.2) is 45.7 Å². The molecule has 1 N–H and O–H groups in total. The zero-order valence-electron chi connectivity index (χ0n) is 18.7. The van der Waals surface area contributed by atoms with Crippen LogP contribution in [0.5, 0.6) is 0 Å². The molecule has 3 aromatic rings. The summed E-state index contributed by atoms with van der Waals surface area (Å²) in [5.74, 6) is 1.57. The molecule has 2 aliphatic rings. The Morgan fingerprint density at radius 1 is 1.22 bits per heavy atom. The van der Waals surface area contributed by atoms with Crippen LogP contribution >= 0.6 is 0 Å². The Labute approximate surface area is 187 Å². The number of aryl methyl sites for hydroxylation is 2. The van der Waals surface area contributed by atoms with Crippen molar-refractivity contribution in [3.05, 3.63) is 58.3 Å². The number of fused-ring (bicyclic) bond motifs is 2. The Balaban J connectivity index is 1.18. The Morgan fingerprint density at radius 3 is 2.88 bits per heavy atom. The van der Waals surface area contributed by atoms with Gasteiger partial charge in [-0.25, -0.2) is 4.79 Å². The lowest BCUT2D eigenvalue weighted by molar-refractivity contribution is -0.117. The summed E-state index contributed by atoms with van der Waals surface area (Å²) in [4.78, 5) is 31.5. The molecule has 0 radical (unpaired) electrons. The summed E-state index contributed by atoms with van der Waals surface area (Å²) in [6.45, 7) is 6.87. The zero-order valence-corrected chi connectivity index (χ0v) is 18.7. The Hall–Kier alpha value is -2.93. The van der Waals surface area contributed by atoms with E-state index in [2.05, 4.69) is 34.3 Å². The fourth-order valence-electron chi connectivity index (χ4n) is 5.59. The van der Waals surface area contributed by atoms with E-state index >= 15 is 0 Å². The number of hydrogen-bond donors (Lipinski definition) is 1. The quantitative estimate of drug-likeness (QED) is 0.643. The van der Waals surface area contributed by atoms with Crippen LogP contribution in [0.3, 0.4) is 0 Å². The van der Waals surface area contributed by atoms with Crippen LogP contribution in [-0.2, 0) is 17.8 Å². The molecule has 1 aromatic carbocycles. The molecule has 1 amide bonds. The van der Waals surface area contributed by atoms with Crippen molar-refractivity contribution >= 4 is 22.7 Å². The number of pyridine rings is 1. The smallest absolute Gasteiger partial charge is 0.408 e. The van der Waals surface area contributed by atoms with Crippen LogP contribution in [0.25, 0.3) is 11.1 Å². The Bertz CT molecular complexity index is 1180. The predicted octanol–water partition coefficient (Wildman–Crippen LogP) is 3.46. The van der Waals surface area contributed by atoms with Crippen molar-refractivity contribution in [2.75, 3.05) is 25.0 Å². The molecule has 0 unspecified atom stereocenters. The Kier molecular flexibility index (Phi) is 5.59. The second kappa shape index (κ2) is 8.54. The molecular weight excluding hydrogens is 404 g/mol. The molecule has 2 aromatic heterocycles. The number of carbonyl (C=O) groups is 1. The summed E-state index contributed by atoms with van der Waals surface area (Å²) >= 11 is 0. The number of aromatic nitrogens is 2. The molecule has 32 heavy (non-hydrogen) atoms. The van der Waals surface area contributed by atoms with E-state index in [1.165, 1.54) is 24.1 Å². The van der Waals surface area contributed by atoms with E-state index in [0.717, 1.165) is 25.0 Å². The highest BCUT2D eigenvalue weighted by atomic mass is 16.4. The van der Waals surface area contributed by atoms with Gasteiger partial charge in [0.1, 0.15) is 0 Å². The van der Waals surface area contributed by atoms with Gasteiger partial charge in [0.05, 0.1) is 12.1 Å². The zero-order chi connectivity index (χ0) is 22.2. The van der Waals surface area contributed by atoms with E-state index in [9.17, 15) is 9.59 Å². The van der Waals surface area contributed by atoms with Crippen molar-refractivity contribution in [2.24, 2.45) is 17.8 Å². The molecule has 2 fully saturated rings. The van der Waals surface area contributed by atoms with Gasteiger partial charge < -0.3 is 9.73 Å². The minimum absolute atomic E-state index is 0.0293. The van der Waals surface area contributed by atoms with Crippen molar-refractivity contribution in [3.8, 4) is 0 Å². The molecule has 0 spiro atoms. The Morgan fingerprint density at radius 2 is 2.09 bits per heavy atom. The third-order valence-corrected chi connectivity index (χ3v) is 7.16. The van der Waals surface area contributed by atoms with Gasteiger partial charge in [-0.05, 0) is 74.6 Å². The lowest BCUT2D eigenvalue weighted by atomic mass is 9.89. The summed E-state index contributed by atoms with van der Waals surface area (Å²) in [6, 6.07) is 9.66. The van der Waals surface area contributed by atoms with Gasteiger partial charge >= 0.3 is 5.76 Å².